The van der Waals surface area contributed by atoms with Crippen molar-refractivity contribution in [3.63, 3.8) is 0 Å². The summed E-state index contributed by atoms with van der Waals surface area (Å²) in [6.45, 7) is 6.10. The number of carbonyl (C=O) groups excluding carboxylic acids is 1. The Bertz CT molecular complexity index is 617. The summed E-state index contributed by atoms with van der Waals surface area (Å²) in [5.41, 5.74) is 2.57. The number of thiophene rings is 1. The molecule has 20 heavy (non-hydrogen) atoms. The smallest absolute Gasteiger partial charge is 0.291 e. The monoisotopic (exact) mass is 290 g/mol. The molecule has 2 aromatic heterocycles. The molecule has 1 aliphatic rings. The molecule has 0 aliphatic heterocycles. The number of H-pyrrole nitrogens is 1. The van der Waals surface area contributed by atoms with Gasteiger partial charge in [-0.25, -0.2) is 4.98 Å². The van der Waals surface area contributed by atoms with Crippen LogP contribution in [0.4, 0.5) is 0 Å². The first-order chi connectivity index (χ1) is 9.43. The molecule has 3 rings (SSSR count). The molecule has 2 heterocycles. The first-order valence-electron chi connectivity index (χ1n) is 6.71. The average Bonchev–Trinajstić information content (AvgIpc) is 3.01. The summed E-state index contributed by atoms with van der Waals surface area (Å²) in [4.78, 5) is 16.4. The van der Waals surface area contributed by atoms with Crippen LogP contribution in [0, 0.1) is 0 Å². The van der Waals surface area contributed by atoms with Gasteiger partial charge in [0.1, 0.15) is 5.82 Å². The molecule has 0 saturated carbocycles. The van der Waals surface area contributed by atoms with Gasteiger partial charge in [0.25, 0.3) is 5.91 Å². The van der Waals surface area contributed by atoms with Gasteiger partial charge in [0, 0.05) is 11.5 Å². The fourth-order valence-electron chi connectivity index (χ4n) is 2.36. The van der Waals surface area contributed by atoms with Crippen LogP contribution in [0.5, 0.6) is 0 Å². The van der Waals surface area contributed by atoms with E-state index < -0.39 is 0 Å². The lowest BCUT2D eigenvalue weighted by Crippen LogP contribution is -2.36. The molecular weight excluding hydrogens is 272 g/mol. The fourth-order valence-corrected chi connectivity index (χ4v) is 3.25. The molecule has 0 fully saturated rings. The maximum Gasteiger partial charge on any atom is 0.291 e. The summed E-state index contributed by atoms with van der Waals surface area (Å²) in [5, 5.41) is 14.2. The number of hydrogen-bond donors (Lipinski definition) is 2. The number of nitrogens with one attached hydrogen (secondary N) is 2. The molecule has 0 spiro atoms. The summed E-state index contributed by atoms with van der Waals surface area (Å²) in [5.74, 6) is 0.757. The van der Waals surface area contributed by atoms with Crippen LogP contribution in [0.25, 0.3) is 0 Å². The minimum atomic E-state index is -0.199. The van der Waals surface area contributed by atoms with E-state index in [1.54, 1.807) is 11.3 Å². The Morgan fingerprint density at radius 1 is 1.35 bits per heavy atom. The largest absolute Gasteiger partial charge is 0.346 e. The van der Waals surface area contributed by atoms with E-state index in [1.165, 1.54) is 11.1 Å². The average molecular weight is 290 g/mol. The Morgan fingerprint density at radius 3 is 2.55 bits per heavy atom. The van der Waals surface area contributed by atoms with Crippen molar-refractivity contribution in [2.75, 3.05) is 0 Å². The molecule has 1 aliphatic carbocycles. The second-order valence-electron chi connectivity index (χ2n) is 6.26. The lowest BCUT2D eigenvalue weighted by atomic mass is 9.96. The summed E-state index contributed by atoms with van der Waals surface area (Å²) in [7, 11) is 0. The number of amides is 1. The Hall–Kier alpha value is -1.69. The second-order valence-corrected chi connectivity index (χ2v) is 7.00. The number of carbonyl (C=O) groups is 1. The predicted octanol–water partition coefficient (Wildman–Crippen LogP) is 2.06. The highest BCUT2D eigenvalue weighted by Gasteiger charge is 2.26. The third-order valence-corrected chi connectivity index (χ3v) is 4.34. The fraction of sp³-hybridized carbons (Fsp3) is 0.500. The molecule has 0 bridgehead atoms. The molecule has 0 radical (unpaired) electrons. The number of aromatic nitrogens is 3. The maximum atomic E-state index is 12.2. The zero-order valence-corrected chi connectivity index (χ0v) is 12.7. The quantitative estimate of drug-likeness (QED) is 0.889. The molecule has 0 saturated heterocycles. The van der Waals surface area contributed by atoms with Crippen LogP contribution in [0.3, 0.4) is 0 Å². The number of hydrogen-bond acceptors (Lipinski definition) is 4. The van der Waals surface area contributed by atoms with Crippen molar-refractivity contribution in [2.24, 2.45) is 0 Å². The Kier molecular flexibility index (Phi) is 3.12. The van der Waals surface area contributed by atoms with E-state index in [4.69, 9.17) is 0 Å². The van der Waals surface area contributed by atoms with Gasteiger partial charge in [0.05, 0.1) is 0 Å². The predicted molar refractivity (Wildman–Crippen MR) is 78.1 cm³/mol. The molecule has 106 valence electrons. The SMILES string of the molecule is CC(C)(C)c1nc(C(=O)NC2Cc3cscc3C2)n[nH]1. The molecule has 2 aromatic rings. The van der Waals surface area contributed by atoms with Crippen LogP contribution in [0.15, 0.2) is 10.8 Å². The van der Waals surface area contributed by atoms with Gasteiger partial charge in [0.15, 0.2) is 0 Å². The highest BCUT2D eigenvalue weighted by molar-refractivity contribution is 7.08. The van der Waals surface area contributed by atoms with Gasteiger partial charge in [0.2, 0.25) is 5.82 Å². The molecule has 0 atom stereocenters. The Labute approximate surface area is 121 Å². The van der Waals surface area contributed by atoms with Crippen LogP contribution in [-0.4, -0.2) is 27.1 Å². The summed E-state index contributed by atoms with van der Waals surface area (Å²) < 4.78 is 0. The van der Waals surface area contributed by atoms with Gasteiger partial charge in [-0.1, -0.05) is 20.8 Å². The van der Waals surface area contributed by atoms with Crippen LogP contribution < -0.4 is 5.32 Å². The summed E-state index contributed by atoms with van der Waals surface area (Å²) >= 11 is 1.72. The van der Waals surface area contributed by atoms with E-state index in [0.29, 0.717) is 0 Å². The first-order valence-corrected chi connectivity index (χ1v) is 7.65. The Balaban J connectivity index is 1.66. The number of rotatable bonds is 2. The van der Waals surface area contributed by atoms with Crippen LogP contribution >= 0.6 is 11.3 Å². The topological polar surface area (TPSA) is 70.7 Å². The van der Waals surface area contributed by atoms with Crippen molar-refractivity contribution in [3.05, 3.63) is 33.5 Å². The van der Waals surface area contributed by atoms with E-state index in [9.17, 15) is 4.79 Å². The zero-order chi connectivity index (χ0) is 14.3. The molecular formula is C14H18N4OS. The molecule has 0 aromatic carbocycles. The number of fused-ring (bicyclic) bond motifs is 1. The van der Waals surface area contributed by atoms with E-state index in [2.05, 4.69) is 31.3 Å². The highest BCUT2D eigenvalue weighted by Crippen LogP contribution is 2.25. The maximum absolute atomic E-state index is 12.2. The number of nitrogens with zero attached hydrogens (tertiary/aromatic N) is 2. The van der Waals surface area contributed by atoms with Crippen molar-refractivity contribution in [1.29, 1.82) is 0 Å². The third-order valence-electron chi connectivity index (χ3n) is 3.50. The van der Waals surface area contributed by atoms with Crippen LogP contribution in [0.1, 0.15) is 48.3 Å². The zero-order valence-electron chi connectivity index (χ0n) is 11.9. The molecule has 1 amide bonds. The number of aromatic amines is 1. The molecule has 5 nitrogen and oxygen atoms in total. The Morgan fingerprint density at radius 2 is 2.00 bits per heavy atom. The summed E-state index contributed by atoms with van der Waals surface area (Å²) in [6.07, 6.45) is 1.81. The van der Waals surface area contributed by atoms with Gasteiger partial charge < -0.3 is 5.32 Å². The first kappa shape index (κ1) is 13.3. The van der Waals surface area contributed by atoms with E-state index >= 15 is 0 Å². The molecule has 2 N–H and O–H groups in total. The minimum absolute atomic E-state index is 0.136. The van der Waals surface area contributed by atoms with Gasteiger partial charge in [-0.3, -0.25) is 9.89 Å². The lowest BCUT2D eigenvalue weighted by Gasteiger charge is -2.13. The van der Waals surface area contributed by atoms with Crippen molar-refractivity contribution in [2.45, 2.75) is 45.1 Å². The van der Waals surface area contributed by atoms with Crippen molar-refractivity contribution < 1.29 is 4.79 Å². The van der Waals surface area contributed by atoms with E-state index in [0.717, 1.165) is 18.7 Å². The van der Waals surface area contributed by atoms with Crippen LogP contribution in [0.2, 0.25) is 0 Å². The van der Waals surface area contributed by atoms with Gasteiger partial charge in [-0.2, -0.15) is 11.3 Å². The normalized spacial score (nSPS) is 15.3. The standard InChI is InChI=1S/C14H18N4OS/c1-14(2,3)13-16-11(17-18-13)12(19)15-10-4-8-6-20-7-9(8)5-10/h6-7,10H,4-5H2,1-3H3,(H,15,19)(H,16,17,18). The second kappa shape index (κ2) is 4.70. The highest BCUT2D eigenvalue weighted by atomic mass is 32.1. The summed E-state index contributed by atoms with van der Waals surface area (Å²) in [6, 6.07) is 0.164. The lowest BCUT2D eigenvalue weighted by molar-refractivity contribution is 0.0928. The van der Waals surface area contributed by atoms with E-state index in [-0.39, 0.29) is 23.2 Å². The van der Waals surface area contributed by atoms with Crippen molar-refractivity contribution >= 4 is 17.2 Å². The molecule has 6 heteroatoms. The van der Waals surface area contributed by atoms with Gasteiger partial charge >= 0.3 is 0 Å². The molecule has 0 unspecified atom stereocenters. The third kappa shape index (κ3) is 2.47. The van der Waals surface area contributed by atoms with Crippen LogP contribution in [-0.2, 0) is 18.3 Å². The van der Waals surface area contributed by atoms with Crippen molar-refractivity contribution in [1.82, 2.24) is 20.5 Å². The van der Waals surface area contributed by atoms with Crippen molar-refractivity contribution in [3.8, 4) is 0 Å². The van der Waals surface area contributed by atoms with E-state index in [1.807, 2.05) is 20.8 Å². The van der Waals surface area contributed by atoms with Gasteiger partial charge in [-0.05, 0) is 34.7 Å². The minimum Gasteiger partial charge on any atom is -0.346 e. The van der Waals surface area contributed by atoms with Gasteiger partial charge in [-0.15, -0.1) is 5.10 Å².